The van der Waals surface area contributed by atoms with Crippen LogP contribution in [0.25, 0.3) is 33.2 Å². The zero-order valence-corrected chi connectivity index (χ0v) is 34.9. The number of allylic oxidation sites excluding steroid dienone is 2. The lowest BCUT2D eigenvalue weighted by atomic mass is 9.70. The van der Waals surface area contributed by atoms with Crippen LogP contribution in [0.4, 0.5) is 0 Å². The Morgan fingerprint density at radius 2 is 1.61 bits per heavy atom. The van der Waals surface area contributed by atoms with Crippen molar-refractivity contribution in [3.63, 3.8) is 0 Å². The van der Waals surface area contributed by atoms with E-state index in [9.17, 15) is 14.4 Å². The van der Waals surface area contributed by atoms with Gasteiger partial charge in [0.2, 0.25) is 5.91 Å². The number of aromatic amines is 2. The number of carbonyl (C=O) groups excluding carboxylic acids is 3. The summed E-state index contributed by atoms with van der Waals surface area (Å²) >= 11 is 0. The second-order valence-corrected chi connectivity index (χ2v) is 16.1. The number of nitrogens with one attached hydrogen (secondary N) is 2. The molecule has 1 saturated heterocycles. The average Bonchev–Trinajstić information content (AvgIpc) is 3.86. The predicted molar refractivity (Wildman–Crippen MR) is 221 cm³/mol. The maximum absolute atomic E-state index is 13.6. The number of methoxy groups -OCH3 is 2. The molecule has 6 rings (SSSR count). The van der Waals surface area contributed by atoms with Gasteiger partial charge in [0.25, 0.3) is 0 Å². The number of amides is 1. The quantitative estimate of drug-likeness (QED) is 0.122. The normalized spacial score (nSPS) is 19.4. The van der Waals surface area contributed by atoms with Crippen LogP contribution in [0.5, 0.6) is 0 Å². The highest BCUT2D eigenvalue weighted by molar-refractivity contribution is 5.94. The molecule has 3 aliphatic rings. The fourth-order valence-corrected chi connectivity index (χ4v) is 8.37. The van der Waals surface area contributed by atoms with Gasteiger partial charge in [-0.25, -0.2) is 4.98 Å². The first kappa shape index (κ1) is 41.8. The fourth-order valence-electron chi connectivity index (χ4n) is 8.37. The van der Waals surface area contributed by atoms with Crippen molar-refractivity contribution < 1.29 is 33.3 Å². The smallest absolute Gasteiger partial charge is 0.305 e. The zero-order valence-electron chi connectivity index (χ0n) is 34.9. The number of hydrogen-bond donors (Lipinski definition) is 2. The van der Waals surface area contributed by atoms with Gasteiger partial charge in [0, 0.05) is 91.4 Å². The maximum atomic E-state index is 13.6. The molecule has 0 radical (unpaired) electrons. The Labute approximate surface area is 335 Å². The Hall–Kier alpha value is -4.81. The lowest BCUT2D eigenvalue weighted by Gasteiger charge is -2.32. The van der Waals surface area contributed by atoms with E-state index >= 15 is 0 Å². The van der Waals surface area contributed by atoms with E-state index in [0.717, 1.165) is 118 Å². The number of esters is 2. The molecule has 1 unspecified atom stereocenters. The van der Waals surface area contributed by atoms with Crippen LogP contribution < -0.4 is 0 Å². The molecule has 12 nitrogen and oxygen atoms in total. The van der Waals surface area contributed by atoms with Gasteiger partial charge in [0.15, 0.2) is 6.29 Å². The van der Waals surface area contributed by atoms with E-state index in [1.165, 1.54) is 14.2 Å². The van der Waals surface area contributed by atoms with E-state index in [1.807, 2.05) is 13.0 Å². The highest BCUT2D eigenvalue weighted by atomic mass is 16.7. The number of hydrogen-bond acceptors (Lipinski definition) is 9. The van der Waals surface area contributed by atoms with E-state index in [1.54, 1.807) is 19.0 Å². The number of fused-ring (bicyclic) bond motifs is 8. The van der Waals surface area contributed by atoms with Crippen molar-refractivity contribution in [1.29, 1.82) is 0 Å². The van der Waals surface area contributed by atoms with Crippen molar-refractivity contribution in [2.24, 2.45) is 0 Å². The Morgan fingerprint density at radius 3 is 2.32 bits per heavy atom. The summed E-state index contributed by atoms with van der Waals surface area (Å²) < 4.78 is 21.9. The van der Waals surface area contributed by atoms with Crippen molar-refractivity contribution in [2.75, 3.05) is 41.5 Å². The molecular formula is C45H59N5O7. The summed E-state index contributed by atoms with van der Waals surface area (Å²) in [4.78, 5) is 57.9. The first-order chi connectivity index (χ1) is 27.3. The minimum Gasteiger partial charge on any atom is -0.469 e. The summed E-state index contributed by atoms with van der Waals surface area (Å²) in [6.07, 6.45) is 7.19. The first-order valence-corrected chi connectivity index (χ1v) is 20.3. The lowest BCUT2D eigenvalue weighted by Crippen LogP contribution is -2.35. The largest absolute Gasteiger partial charge is 0.469 e. The number of aryl methyl sites for hydroxylation is 3. The molecular weight excluding hydrogens is 723 g/mol. The molecule has 3 atom stereocenters. The minimum absolute atomic E-state index is 0.0413. The first-order valence-electron chi connectivity index (χ1n) is 20.3. The van der Waals surface area contributed by atoms with Gasteiger partial charge in [-0.3, -0.25) is 19.4 Å². The topological polar surface area (TPSA) is 149 Å². The van der Waals surface area contributed by atoms with Crippen LogP contribution in [0, 0.1) is 13.8 Å². The van der Waals surface area contributed by atoms with Crippen LogP contribution in [-0.4, -0.2) is 90.5 Å². The molecule has 0 spiro atoms. The highest BCUT2D eigenvalue weighted by Gasteiger charge is 2.44. The van der Waals surface area contributed by atoms with Gasteiger partial charge >= 0.3 is 11.9 Å². The Morgan fingerprint density at radius 1 is 0.877 bits per heavy atom. The fraction of sp³-hybridized carbons (Fsp3) is 0.533. The Balaban J connectivity index is 1.54. The number of carbonyl (C=O) groups is 3. The molecule has 3 aromatic rings. The number of unbranched alkanes of at least 4 members (excludes halogenated alkanes) is 1. The minimum atomic E-state index is -0.604. The zero-order chi connectivity index (χ0) is 40.9. The Bertz CT molecular complexity index is 2180. The number of H-pyrrole nitrogens is 2. The van der Waals surface area contributed by atoms with Crippen molar-refractivity contribution in [1.82, 2.24) is 24.8 Å². The Kier molecular flexibility index (Phi) is 13.3. The van der Waals surface area contributed by atoms with Crippen LogP contribution in [0.1, 0.15) is 123 Å². The van der Waals surface area contributed by atoms with Crippen LogP contribution in [0.15, 0.2) is 30.3 Å². The standard InChI is InChI=1S/C45H59N5O7/c1-27-21-30-22-40-45(4,26-41(51)50(5)6)33(13-9-11-19-56-44-14-10-12-20-57-44)39(49-40)24-36-29(3)32(16-18-43(53)55-8)38(48-36)25-37-31(15-17-42(52)54-7)28(2)35(47-37)23-34(27)46-30/h21-25,33,44,46,48H,9-20,26H2,1-8H3/t33-,44?,45-/m0/s1. The molecule has 57 heavy (non-hydrogen) atoms. The summed E-state index contributed by atoms with van der Waals surface area (Å²) in [6, 6.07) is 10.4. The second kappa shape index (κ2) is 18.2. The summed E-state index contributed by atoms with van der Waals surface area (Å²) in [5, 5.41) is 0. The molecule has 12 heteroatoms. The molecule has 3 aromatic heterocycles. The molecule has 6 heterocycles. The molecule has 2 N–H and O–H groups in total. The van der Waals surface area contributed by atoms with E-state index < -0.39 is 5.41 Å². The third-order valence-corrected chi connectivity index (χ3v) is 12.0. The molecule has 306 valence electrons. The van der Waals surface area contributed by atoms with Gasteiger partial charge in [-0.1, -0.05) is 13.3 Å². The molecule has 1 fully saturated rings. The number of rotatable bonds is 14. The predicted octanol–water partition coefficient (Wildman–Crippen LogP) is 8.15. The highest BCUT2D eigenvalue weighted by Crippen LogP contribution is 2.48. The molecule has 0 aliphatic carbocycles. The number of ether oxygens (including phenoxy) is 4. The van der Waals surface area contributed by atoms with Gasteiger partial charge < -0.3 is 33.8 Å². The van der Waals surface area contributed by atoms with Gasteiger partial charge in [-0.05, 0) is 124 Å². The van der Waals surface area contributed by atoms with Crippen molar-refractivity contribution in [3.05, 3.63) is 69.8 Å². The number of aromatic nitrogens is 4. The monoisotopic (exact) mass is 781 g/mol. The van der Waals surface area contributed by atoms with Gasteiger partial charge in [-0.2, -0.15) is 0 Å². The molecule has 1 amide bonds. The lowest BCUT2D eigenvalue weighted by molar-refractivity contribution is -0.162. The van der Waals surface area contributed by atoms with Crippen LogP contribution >= 0.6 is 0 Å². The summed E-state index contributed by atoms with van der Waals surface area (Å²) in [6.45, 7) is 9.70. The van der Waals surface area contributed by atoms with E-state index in [4.69, 9.17) is 28.9 Å². The van der Waals surface area contributed by atoms with E-state index in [2.05, 4.69) is 55.0 Å². The van der Waals surface area contributed by atoms with Gasteiger partial charge in [0.05, 0.1) is 25.6 Å². The summed E-state index contributed by atoms with van der Waals surface area (Å²) in [5.74, 6) is -0.611. The third kappa shape index (κ3) is 9.50. The second-order valence-electron chi connectivity index (χ2n) is 16.1. The van der Waals surface area contributed by atoms with Crippen LogP contribution in [0.3, 0.4) is 0 Å². The van der Waals surface area contributed by atoms with Crippen molar-refractivity contribution in [3.8, 4) is 0 Å². The van der Waals surface area contributed by atoms with E-state index in [0.29, 0.717) is 25.9 Å². The molecule has 8 bridgehead atoms. The summed E-state index contributed by atoms with van der Waals surface area (Å²) in [7, 11) is 6.41. The van der Waals surface area contributed by atoms with Gasteiger partial charge in [-0.15, -0.1) is 0 Å². The van der Waals surface area contributed by atoms with E-state index in [-0.39, 0.29) is 42.9 Å². The molecule has 3 aliphatic heterocycles. The van der Waals surface area contributed by atoms with Crippen molar-refractivity contribution >= 4 is 51.1 Å². The van der Waals surface area contributed by atoms with Crippen molar-refractivity contribution in [2.45, 2.75) is 116 Å². The molecule has 0 aromatic carbocycles. The SMILES string of the molecule is COC(=O)CCC1=C(C)c2cc3[nH]c(cc4nc(cc5[nH]c(cc1n2)c(CCC(=O)OC)c5C)[C@H](CCCCOC1CCCCO1)[C@]4(C)CC(=O)N(C)C)cc3C. The van der Waals surface area contributed by atoms with Gasteiger partial charge in [0.1, 0.15) is 0 Å². The van der Waals surface area contributed by atoms with Crippen LogP contribution in [0.2, 0.25) is 0 Å². The average molecular weight is 782 g/mol. The summed E-state index contributed by atoms with van der Waals surface area (Å²) in [5.41, 5.74) is 11.1. The maximum Gasteiger partial charge on any atom is 0.305 e. The third-order valence-electron chi connectivity index (χ3n) is 12.0. The molecule has 0 saturated carbocycles. The van der Waals surface area contributed by atoms with Crippen LogP contribution in [-0.2, 0) is 45.2 Å². The number of nitrogens with zero attached hydrogens (tertiary/aromatic N) is 3.